The molecule has 72 valence electrons. The van der Waals surface area contributed by atoms with E-state index < -0.39 is 5.97 Å². The quantitative estimate of drug-likeness (QED) is 0.779. The molecule has 0 aliphatic heterocycles. The zero-order valence-corrected chi connectivity index (χ0v) is 7.95. The number of aliphatic imine (C=N–C) groups is 1. The van der Waals surface area contributed by atoms with Crippen molar-refractivity contribution in [2.45, 2.75) is 0 Å². The van der Waals surface area contributed by atoms with Gasteiger partial charge < -0.3 is 5.11 Å². The van der Waals surface area contributed by atoms with E-state index in [-0.39, 0.29) is 16.5 Å². The summed E-state index contributed by atoms with van der Waals surface area (Å²) >= 11 is 5.65. The van der Waals surface area contributed by atoms with Crippen LogP contribution in [0.2, 0.25) is 0 Å². The first-order valence-corrected chi connectivity index (χ1v) is 4.00. The van der Waals surface area contributed by atoms with Gasteiger partial charge in [-0.1, -0.05) is 18.2 Å². The normalized spacial score (nSPS) is 9.50. The Morgan fingerprint density at radius 2 is 2.21 bits per heavy atom. The lowest BCUT2D eigenvalue weighted by Crippen LogP contribution is -2.00. The molecule has 0 spiro atoms. The number of halogens is 1. The average molecular weight is 211 g/mol. The Balaban J connectivity index is 3.32. The van der Waals surface area contributed by atoms with Crippen molar-refractivity contribution in [1.82, 2.24) is 4.98 Å². The number of nitrogens with zero attached hydrogens (tertiary/aromatic N) is 2. The molecule has 1 aromatic rings. The molecule has 1 aromatic heterocycles. The third-order valence-electron chi connectivity index (χ3n) is 1.54. The van der Waals surface area contributed by atoms with E-state index in [9.17, 15) is 4.79 Å². The number of carboxylic acids is 1. The first kappa shape index (κ1) is 10.4. The number of pyridine rings is 1. The average Bonchev–Trinajstić information content (AvgIpc) is 2.16. The second-order valence-electron chi connectivity index (χ2n) is 2.44. The molecule has 4 nitrogen and oxygen atoms in total. The monoisotopic (exact) mass is 210 g/mol. The van der Waals surface area contributed by atoms with Crippen molar-refractivity contribution < 1.29 is 9.90 Å². The standard InChI is InChI=1S/C9H7ClN2O2/c1-5(10)6-3-4-7(9(13)14)12-8(6)11-2/h3-4H,1-2H2,(H,13,14). The van der Waals surface area contributed by atoms with E-state index in [1.165, 1.54) is 12.1 Å². The van der Waals surface area contributed by atoms with Gasteiger partial charge in [-0.3, -0.25) is 0 Å². The molecule has 0 atom stereocenters. The van der Waals surface area contributed by atoms with Crippen LogP contribution in [0.3, 0.4) is 0 Å². The van der Waals surface area contributed by atoms with Crippen molar-refractivity contribution >= 4 is 35.1 Å². The molecule has 1 rings (SSSR count). The number of aromatic carboxylic acids is 1. The Hall–Kier alpha value is -1.68. The molecule has 0 aliphatic rings. The molecule has 0 amide bonds. The van der Waals surface area contributed by atoms with E-state index in [0.717, 1.165) is 0 Å². The summed E-state index contributed by atoms with van der Waals surface area (Å²) in [5, 5.41) is 8.90. The number of hydrogen-bond donors (Lipinski definition) is 1. The molecule has 0 fully saturated rings. The minimum atomic E-state index is -1.12. The largest absolute Gasteiger partial charge is 0.477 e. The van der Waals surface area contributed by atoms with Crippen molar-refractivity contribution in [2.24, 2.45) is 4.99 Å². The zero-order valence-electron chi connectivity index (χ0n) is 7.20. The summed E-state index contributed by atoms with van der Waals surface area (Å²) in [7, 11) is 0. The summed E-state index contributed by atoms with van der Waals surface area (Å²) in [5.41, 5.74) is 0.376. The Morgan fingerprint density at radius 3 is 2.64 bits per heavy atom. The maximum atomic E-state index is 10.6. The van der Waals surface area contributed by atoms with Gasteiger partial charge in [0.25, 0.3) is 0 Å². The Morgan fingerprint density at radius 1 is 1.57 bits per heavy atom. The highest BCUT2D eigenvalue weighted by molar-refractivity contribution is 6.48. The molecular weight excluding hydrogens is 204 g/mol. The van der Waals surface area contributed by atoms with Crippen molar-refractivity contribution in [3.8, 4) is 0 Å². The van der Waals surface area contributed by atoms with Crippen molar-refractivity contribution in [3.05, 3.63) is 30.0 Å². The fourth-order valence-electron chi connectivity index (χ4n) is 0.900. The summed E-state index contributed by atoms with van der Waals surface area (Å²) in [6, 6.07) is 2.83. The van der Waals surface area contributed by atoms with Crippen molar-refractivity contribution in [2.75, 3.05) is 0 Å². The first-order chi connectivity index (χ1) is 6.56. The van der Waals surface area contributed by atoms with Crippen LogP contribution in [0.15, 0.2) is 23.7 Å². The smallest absolute Gasteiger partial charge is 0.354 e. The maximum Gasteiger partial charge on any atom is 0.354 e. The van der Waals surface area contributed by atoms with E-state index in [0.29, 0.717) is 5.56 Å². The maximum absolute atomic E-state index is 10.6. The van der Waals surface area contributed by atoms with E-state index in [4.69, 9.17) is 16.7 Å². The molecule has 0 radical (unpaired) electrons. The lowest BCUT2D eigenvalue weighted by molar-refractivity contribution is 0.0690. The number of rotatable bonds is 3. The molecule has 0 aromatic carbocycles. The minimum Gasteiger partial charge on any atom is -0.477 e. The third-order valence-corrected chi connectivity index (χ3v) is 1.74. The van der Waals surface area contributed by atoms with Crippen molar-refractivity contribution in [1.29, 1.82) is 0 Å². The molecule has 0 bridgehead atoms. The van der Waals surface area contributed by atoms with Gasteiger partial charge in [0.15, 0.2) is 11.5 Å². The van der Waals surface area contributed by atoms with Crippen LogP contribution in [0, 0.1) is 0 Å². The van der Waals surface area contributed by atoms with Gasteiger partial charge in [-0.25, -0.2) is 14.8 Å². The van der Waals surface area contributed by atoms with Crippen LogP contribution >= 0.6 is 11.6 Å². The van der Waals surface area contributed by atoms with Crippen LogP contribution in [-0.2, 0) is 0 Å². The van der Waals surface area contributed by atoms with Gasteiger partial charge in [0, 0.05) is 10.6 Å². The molecule has 0 unspecified atom stereocenters. The second-order valence-corrected chi connectivity index (χ2v) is 2.89. The highest BCUT2D eigenvalue weighted by atomic mass is 35.5. The van der Waals surface area contributed by atoms with Gasteiger partial charge in [-0.05, 0) is 18.9 Å². The Labute approximate surface area is 85.6 Å². The minimum absolute atomic E-state index is 0.103. The zero-order chi connectivity index (χ0) is 10.7. The highest BCUT2D eigenvalue weighted by Gasteiger charge is 2.10. The van der Waals surface area contributed by atoms with Crippen molar-refractivity contribution in [3.63, 3.8) is 0 Å². The molecule has 0 aliphatic carbocycles. The summed E-state index contributed by atoms with van der Waals surface area (Å²) in [5.74, 6) is -0.952. The Bertz CT molecular complexity index is 415. The highest BCUT2D eigenvalue weighted by Crippen LogP contribution is 2.25. The van der Waals surface area contributed by atoms with E-state index in [2.05, 4.69) is 23.3 Å². The van der Waals surface area contributed by atoms with Crippen LogP contribution < -0.4 is 0 Å². The number of aromatic nitrogens is 1. The van der Waals surface area contributed by atoms with Gasteiger partial charge in [-0.15, -0.1) is 0 Å². The predicted molar refractivity (Wildman–Crippen MR) is 55.3 cm³/mol. The molecule has 0 saturated heterocycles. The summed E-state index contributed by atoms with van der Waals surface area (Å²) in [6.07, 6.45) is 0. The van der Waals surface area contributed by atoms with Gasteiger partial charge in [0.1, 0.15) is 0 Å². The van der Waals surface area contributed by atoms with Crippen LogP contribution in [0.4, 0.5) is 5.82 Å². The van der Waals surface area contributed by atoms with Crippen LogP contribution in [-0.4, -0.2) is 22.8 Å². The third kappa shape index (κ3) is 1.97. The SMILES string of the molecule is C=Nc1nc(C(=O)O)ccc1C(=C)Cl. The predicted octanol–water partition coefficient (Wildman–Crippen LogP) is 2.32. The summed E-state index contributed by atoms with van der Waals surface area (Å²) in [6.45, 7) is 6.77. The molecule has 5 heteroatoms. The van der Waals surface area contributed by atoms with Crippen LogP contribution in [0.25, 0.3) is 5.03 Å². The first-order valence-electron chi connectivity index (χ1n) is 3.62. The number of hydrogen-bond acceptors (Lipinski definition) is 3. The topological polar surface area (TPSA) is 62.5 Å². The fourth-order valence-corrected chi connectivity index (χ4v) is 1.05. The summed E-state index contributed by atoms with van der Waals surface area (Å²) < 4.78 is 0. The van der Waals surface area contributed by atoms with Gasteiger partial charge >= 0.3 is 5.97 Å². The Kier molecular flexibility index (Phi) is 2.99. The van der Waals surface area contributed by atoms with Crippen LogP contribution in [0.1, 0.15) is 16.1 Å². The molecule has 1 N–H and O–H groups in total. The number of carboxylic acid groups (broad SMARTS) is 1. The van der Waals surface area contributed by atoms with Crippen LogP contribution in [0.5, 0.6) is 0 Å². The number of carbonyl (C=O) groups is 1. The van der Waals surface area contributed by atoms with Gasteiger partial charge in [0.2, 0.25) is 0 Å². The molecule has 14 heavy (non-hydrogen) atoms. The van der Waals surface area contributed by atoms with E-state index in [1.54, 1.807) is 0 Å². The molecule has 0 saturated carbocycles. The van der Waals surface area contributed by atoms with Gasteiger partial charge in [0.05, 0.1) is 0 Å². The lowest BCUT2D eigenvalue weighted by atomic mass is 10.2. The molecule has 1 heterocycles. The van der Waals surface area contributed by atoms with Gasteiger partial charge in [-0.2, -0.15) is 0 Å². The molecular formula is C9H7ClN2O2. The van der Waals surface area contributed by atoms with E-state index >= 15 is 0 Å². The lowest BCUT2D eigenvalue weighted by Gasteiger charge is -2.02. The second kappa shape index (κ2) is 4.02. The fraction of sp³-hybridized carbons (Fsp3) is 0. The van der Waals surface area contributed by atoms with E-state index in [1.807, 2.05) is 0 Å². The summed E-state index contributed by atoms with van der Waals surface area (Å²) in [4.78, 5) is 17.9.